The minimum absolute atomic E-state index is 0. The van der Waals surface area contributed by atoms with Gasteiger partial charge in [0.05, 0.1) is 11.1 Å². The molecular formula is C48H38N3O2Pt-. The topological polar surface area (TPSA) is 63.6 Å². The Balaban J connectivity index is 0.00000499. The van der Waals surface area contributed by atoms with Crippen LogP contribution in [-0.4, -0.2) is 19.5 Å². The van der Waals surface area contributed by atoms with Crippen LogP contribution in [0, 0.1) is 19.8 Å². The molecule has 5 nitrogen and oxygen atoms in total. The average Bonchev–Trinajstić information content (AvgIpc) is 3.76. The number of fused-ring (bicyclic) bond motifs is 4. The molecule has 268 valence electrons. The van der Waals surface area contributed by atoms with E-state index in [4.69, 9.17) is 17.6 Å². The SMILES string of the molecule is [2H]C([2H])([2H])c1cccc(C([2H])([2H])[2H])c1-c1ccnc(-c2[c-]c3c(-c4nc(-c5ccc(C(C)(C)C)cc5O)n5c4oc4cc(-c6ccccc6)ccc45)cccc3cc2)c1.[Pt]. The first-order valence-electron chi connectivity index (χ1n) is 20.5. The van der Waals surface area contributed by atoms with E-state index >= 15 is 0 Å². The molecule has 9 aromatic rings. The summed E-state index contributed by atoms with van der Waals surface area (Å²) in [7, 11) is 0. The fourth-order valence-electron chi connectivity index (χ4n) is 7.10. The summed E-state index contributed by atoms with van der Waals surface area (Å²) < 4.78 is 58.0. The molecular weight excluding hydrogens is 846 g/mol. The van der Waals surface area contributed by atoms with Gasteiger partial charge in [0.25, 0.3) is 0 Å². The molecule has 0 radical (unpaired) electrons. The maximum Gasteiger partial charge on any atom is 0.225 e. The third kappa shape index (κ3) is 6.03. The van der Waals surface area contributed by atoms with Gasteiger partial charge < -0.3 is 9.52 Å². The standard InChI is InChI=1S/C48H38N3O2.Pt/c1-29-11-9-12-30(2)44(29)35-23-24-49-40(26-35)34-18-17-32-15-10-16-37(39(32)25-34)45-47-51(46(50-45)38-21-20-36(28-42(38)52)48(3,4)5)41-22-19-33(27-43(41)53-47)31-13-7-6-8-14-31;/h6-24,26-28,52H,1-5H3;/q-1;/i1D3,2D3;. The number of oxazole rings is 1. The van der Waals surface area contributed by atoms with E-state index in [1.807, 2.05) is 77.2 Å². The van der Waals surface area contributed by atoms with Crippen molar-refractivity contribution in [3.63, 3.8) is 0 Å². The number of aromatic hydroxyl groups is 1. The van der Waals surface area contributed by atoms with Gasteiger partial charge in [0.2, 0.25) is 5.71 Å². The molecule has 0 unspecified atom stereocenters. The van der Waals surface area contributed by atoms with Gasteiger partial charge in [-0.2, -0.15) is 0 Å². The van der Waals surface area contributed by atoms with E-state index in [0.29, 0.717) is 45.2 Å². The van der Waals surface area contributed by atoms with E-state index in [1.165, 1.54) is 18.2 Å². The molecule has 1 N–H and O–H groups in total. The second-order valence-corrected chi connectivity index (χ2v) is 14.4. The van der Waals surface area contributed by atoms with Crippen LogP contribution in [0.2, 0.25) is 0 Å². The smallest absolute Gasteiger partial charge is 0.225 e. The van der Waals surface area contributed by atoms with E-state index in [-0.39, 0.29) is 48.9 Å². The number of imidazole rings is 1. The molecule has 0 bridgehead atoms. The van der Waals surface area contributed by atoms with E-state index in [2.05, 4.69) is 50.0 Å². The first-order valence-corrected chi connectivity index (χ1v) is 17.5. The number of phenols is 1. The Bertz CT molecular complexity index is 3060. The van der Waals surface area contributed by atoms with Crippen LogP contribution in [0.25, 0.3) is 83.7 Å². The summed E-state index contributed by atoms with van der Waals surface area (Å²) >= 11 is 0. The van der Waals surface area contributed by atoms with Crippen molar-refractivity contribution < 1.29 is 38.8 Å². The van der Waals surface area contributed by atoms with Gasteiger partial charge in [-0.3, -0.25) is 9.38 Å². The molecule has 3 heterocycles. The van der Waals surface area contributed by atoms with Gasteiger partial charge in [-0.25, -0.2) is 4.98 Å². The fraction of sp³-hybridized carbons (Fsp3) is 0.125. The van der Waals surface area contributed by atoms with Crippen molar-refractivity contribution in [1.82, 2.24) is 14.4 Å². The molecule has 6 aromatic carbocycles. The number of benzene rings is 6. The first-order chi connectivity index (χ1) is 28.1. The molecule has 54 heavy (non-hydrogen) atoms. The number of phenolic OH excluding ortho intramolecular Hbond substituents is 1. The van der Waals surface area contributed by atoms with E-state index < -0.39 is 13.7 Å². The molecule has 0 aliphatic rings. The van der Waals surface area contributed by atoms with Gasteiger partial charge in [0, 0.05) is 41.2 Å². The summed E-state index contributed by atoms with van der Waals surface area (Å²) in [6, 6.07) is 42.9. The molecule has 6 heteroatoms. The Morgan fingerprint density at radius 3 is 2.30 bits per heavy atom. The van der Waals surface area contributed by atoms with Crippen LogP contribution in [0.3, 0.4) is 0 Å². The van der Waals surface area contributed by atoms with Crippen molar-refractivity contribution in [3.05, 3.63) is 156 Å². The molecule has 0 spiro atoms. The monoisotopic (exact) mass is 889 g/mol. The van der Waals surface area contributed by atoms with Gasteiger partial charge in [0.1, 0.15) is 11.4 Å². The molecule has 0 fully saturated rings. The minimum Gasteiger partial charge on any atom is -0.507 e. The number of hydrogen-bond acceptors (Lipinski definition) is 4. The second kappa shape index (κ2) is 13.6. The number of aromatic nitrogens is 3. The zero-order valence-electron chi connectivity index (χ0n) is 35.7. The summed E-state index contributed by atoms with van der Waals surface area (Å²) in [5, 5.41) is 13.2. The fourth-order valence-corrected chi connectivity index (χ4v) is 7.10. The number of hydrogen-bond donors (Lipinski definition) is 1. The van der Waals surface area contributed by atoms with Crippen LogP contribution < -0.4 is 0 Å². The van der Waals surface area contributed by atoms with Crippen LogP contribution >= 0.6 is 0 Å². The Kier molecular flexibility index (Phi) is 7.21. The van der Waals surface area contributed by atoms with Crippen LogP contribution in [0.4, 0.5) is 0 Å². The van der Waals surface area contributed by atoms with Crippen molar-refractivity contribution >= 4 is 27.6 Å². The van der Waals surface area contributed by atoms with Crippen molar-refractivity contribution in [2.24, 2.45) is 0 Å². The first kappa shape index (κ1) is 28.7. The molecule has 9 rings (SSSR count). The average molecular weight is 890 g/mol. The Morgan fingerprint density at radius 2 is 1.54 bits per heavy atom. The second-order valence-electron chi connectivity index (χ2n) is 14.4. The van der Waals surface area contributed by atoms with Crippen molar-refractivity contribution in [1.29, 1.82) is 0 Å². The predicted molar refractivity (Wildman–Crippen MR) is 216 cm³/mol. The number of nitrogens with zero attached hydrogens (tertiary/aromatic N) is 3. The number of rotatable bonds is 5. The summed E-state index contributed by atoms with van der Waals surface area (Å²) in [5.41, 5.74) is 8.16. The Morgan fingerprint density at radius 1 is 0.741 bits per heavy atom. The maximum absolute atomic E-state index is 11.6. The normalized spacial score (nSPS) is 13.8. The molecule has 3 aromatic heterocycles. The van der Waals surface area contributed by atoms with Gasteiger partial charge >= 0.3 is 0 Å². The zero-order chi connectivity index (χ0) is 41.4. The van der Waals surface area contributed by atoms with Crippen LogP contribution in [0.5, 0.6) is 5.75 Å². The van der Waals surface area contributed by atoms with Gasteiger partial charge in [-0.05, 0) is 88.4 Å². The van der Waals surface area contributed by atoms with E-state index in [9.17, 15) is 5.11 Å². The van der Waals surface area contributed by atoms with Crippen LogP contribution in [0.15, 0.2) is 138 Å². The number of pyridine rings is 1. The predicted octanol–water partition coefficient (Wildman–Crippen LogP) is 12.4. The summed E-state index contributed by atoms with van der Waals surface area (Å²) in [4.78, 5) is 9.85. The molecule has 0 aliphatic heterocycles. The zero-order valence-corrected chi connectivity index (χ0v) is 32.0. The number of aryl methyl sites for hydroxylation is 2. The molecule has 0 aliphatic carbocycles. The summed E-state index contributed by atoms with van der Waals surface area (Å²) in [5.74, 6) is 0.616. The molecule has 0 saturated heterocycles. The van der Waals surface area contributed by atoms with Crippen LogP contribution in [-0.2, 0) is 26.5 Å². The summed E-state index contributed by atoms with van der Waals surface area (Å²) in [6.07, 6.45) is 1.55. The third-order valence-electron chi connectivity index (χ3n) is 9.88. The van der Waals surface area contributed by atoms with Crippen molar-refractivity contribution in [2.45, 2.75) is 39.9 Å². The summed E-state index contributed by atoms with van der Waals surface area (Å²) in [6.45, 7) is 1.20. The largest absolute Gasteiger partial charge is 0.507 e. The quantitative estimate of drug-likeness (QED) is 0.175. The van der Waals surface area contributed by atoms with Crippen molar-refractivity contribution in [2.75, 3.05) is 0 Å². The Labute approximate surface area is 337 Å². The molecule has 0 amide bonds. The van der Waals surface area contributed by atoms with Crippen molar-refractivity contribution in [3.8, 4) is 61.9 Å². The molecule has 0 saturated carbocycles. The molecule has 0 atom stereocenters. The van der Waals surface area contributed by atoms with Gasteiger partial charge in [-0.15, -0.1) is 23.6 Å². The Hall–Kier alpha value is -5.77. The minimum atomic E-state index is -2.55. The van der Waals surface area contributed by atoms with Crippen LogP contribution in [0.1, 0.15) is 45.7 Å². The maximum atomic E-state index is 11.6. The third-order valence-corrected chi connectivity index (χ3v) is 9.88. The van der Waals surface area contributed by atoms with E-state index in [0.717, 1.165) is 38.5 Å². The van der Waals surface area contributed by atoms with Gasteiger partial charge in [-0.1, -0.05) is 122 Å². The van der Waals surface area contributed by atoms with Gasteiger partial charge in [0.15, 0.2) is 11.4 Å². The van der Waals surface area contributed by atoms with E-state index in [1.54, 1.807) is 24.4 Å².